The highest BCUT2D eigenvalue weighted by atomic mass is 16.6. The van der Waals surface area contributed by atoms with Crippen LogP contribution in [0.5, 0.6) is 11.5 Å². The standard InChI is InChI=1S/C11H12N2O4/c1-13-5-6-3-9(17-11(12)15)8(16-2)4-7(6)10(13)14/h3-4H,5H2,1-2H3,(H2,12,15). The van der Waals surface area contributed by atoms with E-state index >= 15 is 0 Å². The molecule has 1 aromatic rings. The predicted octanol–water partition coefficient (Wildman–Crippen LogP) is 0.738. The minimum atomic E-state index is -0.916. The topological polar surface area (TPSA) is 81.9 Å². The molecule has 1 aliphatic heterocycles. The van der Waals surface area contributed by atoms with Crippen molar-refractivity contribution in [2.24, 2.45) is 5.73 Å². The monoisotopic (exact) mass is 236 g/mol. The van der Waals surface area contributed by atoms with Crippen LogP contribution < -0.4 is 15.2 Å². The van der Waals surface area contributed by atoms with Crippen LogP contribution in [-0.4, -0.2) is 31.1 Å². The molecule has 0 spiro atoms. The number of fused-ring (bicyclic) bond motifs is 1. The number of ether oxygens (including phenoxy) is 2. The van der Waals surface area contributed by atoms with E-state index in [1.165, 1.54) is 7.11 Å². The Morgan fingerprint density at radius 3 is 2.71 bits per heavy atom. The van der Waals surface area contributed by atoms with Crippen LogP contribution in [0.2, 0.25) is 0 Å². The molecule has 1 heterocycles. The number of benzene rings is 1. The van der Waals surface area contributed by atoms with Crippen LogP contribution in [0.4, 0.5) is 4.79 Å². The van der Waals surface area contributed by atoms with E-state index in [1.54, 1.807) is 24.1 Å². The van der Waals surface area contributed by atoms with Crippen LogP contribution in [0.3, 0.4) is 0 Å². The lowest BCUT2D eigenvalue weighted by Gasteiger charge is -2.08. The van der Waals surface area contributed by atoms with Crippen molar-refractivity contribution in [3.63, 3.8) is 0 Å². The maximum Gasteiger partial charge on any atom is 0.410 e. The number of nitrogens with two attached hydrogens (primary N) is 1. The van der Waals surface area contributed by atoms with E-state index in [0.717, 1.165) is 5.56 Å². The van der Waals surface area contributed by atoms with Crippen molar-refractivity contribution >= 4 is 12.0 Å². The van der Waals surface area contributed by atoms with Crippen molar-refractivity contribution in [3.05, 3.63) is 23.3 Å². The smallest absolute Gasteiger partial charge is 0.410 e. The number of primary amides is 1. The maximum absolute atomic E-state index is 11.7. The highest BCUT2D eigenvalue weighted by Crippen LogP contribution is 2.34. The van der Waals surface area contributed by atoms with E-state index in [9.17, 15) is 9.59 Å². The van der Waals surface area contributed by atoms with Crippen LogP contribution in [0.25, 0.3) is 0 Å². The third-order valence-electron chi connectivity index (χ3n) is 2.58. The van der Waals surface area contributed by atoms with Crippen LogP contribution in [0, 0.1) is 0 Å². The lowest BCUT2D eigenvalue weighted by molar-refractivity contribution is 0.0816. The lowest BCUT2D eigenvalue weighted by atomic mass is 10.1. The molecule has 90 valence electrons. The molecule has 6 nitrogen and oxygen atoms in total. The summed E-state index contributed by atoms with van der Waals surface area (Å²) in [6.07, 6.45) is -0.916. The number of hydrogen-bond donors (Lipinski definition) is 1. The van der Waals surface area contributed by atoms with E-state index < -0.39 is 6.09 Å². The zero-order valence-corrected chi connectivity index (χ0v) is 9.52. The molecule has 2 rings (SSSR count). The molecule has 1 aromatic carbocycles. The van der Waals surface area contributed by atoms with Crippen LogP contribution in [0.1, 0.15) is 15.9 Å². The summed E-state index contributed by atoms with van der Waals surface area (Å²) in [5.74, 6) is 0.456. The second-order valence-corrected chi connectivity index (χ2v) is 3.74. The van der Waals surface area contributed by atoms with Gasteiger partial charge in [0.15, 0.2) is 11.5 Å². The average molecular weight is 236 g/mol. The van der Waals surface area contributed by atoms with Gasteiger partial charge in [0.2, 0.25) is 0 Å². The van der Waals surface area contributed by atoms with Gasteiger partial charge < -0.3 is 20.1 Å². The normalized spacial score (nSPS) is 13.5. The lowest BCUT2D eigenvalue weighted by Crippen LogP contribution is -2.17. The first-order valence-corrected chi connectivity index (χ1v) is 4.96. The molecule has 2 amide bonds. The SMILES string of the molecule is COc1cc2c(cc1OC(N)=O)CN(C)C2=O. The van der Waals surface area contributed by atoms with Gasteiger partial charge in [-0.1, -0.05) is 0 Å². The van der Waals surface area contributed by atoms with E-state index in [-0.39, 0.29) is 11.7 Å². The molecule has 0 aromatic heterocycles. The fourth-order valence-corrected chi connectivity index (χ4v) is 1.81. The zero-order valence-electron chi connectivity index (χ0n) is 9.52. The Labute approximate surface area is 97.9 Å². The summed E-state index contributed by atoms with van der Waals surface area (Å²) in [5.41, 5.74) is 6.30. The van der Waals surface area contributed by atoms with Gasteiger partial charge >= 0.3 is 6.09 Å². The molecule has 1 aliphatic rings. The Hall–Kier alpha value is -2.24. The number of carbonyl (C=O) groups is 2. The Morgan fingerprint density at radius 1 is 1.41 bits per heavy atom. The number of hydrogen-bond acceptors (Lipinski definition) is 4. The summed E-state index contributed by atoms with van der Waals surface area (Å²) in [5, 5.41) is 0. The van der Waals surface area contributed by atoms with E-state index in [4.69, 9.17) is 15.2 Å². The summed E-state index contributed by atoms with van der Waals surface area (Å²) >= 11 is 0. The largest absolute Gasteiger partial charge is 0.493 e. The molecule has 6 heteroatoms. The highest BCUT2D eigenvalue weighted by molar-refractivity contribution is 5.99. The van der Waals surface area contributed by atoms with Gasteiger partial charge in [-0.25, -0.2) is 4.79 Å². The minimum Gasteiger partial charge on any atom is -0.493 e. The van der Waals surface area contributed by atoms with E-state index in [2.05, 4.69) is 0 Å². The van der Waals surface area contributed by atoms with Gasteiger partial charge in [-0.3, -0.25) is 4.79 Å². The summed E-state index contributed by atoms with van der Waals surface area (Å²) in [7, 11) is 3.13. The average Bonchev–Trinajstić information content (AvgIpc) is 2.53. The quantitative estimate of drug-likeness (QED) is 0.821. The molecular formula is C11H12N2O4. The second-order valence-electron chi connectivity index (χ2n) is 3.74. The van der Waals surface area contributed by atoms with Crippen LogP contribution >= 0.6 is 0 Å². The Kier molecular flexibility index (Phi) is 2.63. The summed E-state index contributed by atoms with van der Waals surface area (Å²) in [6, 6.07) is 3.15. The zero-order chi connectivity index (χ0) is 12.6. The van der Waals surface area contributed by atoms with Gasteiger partial charge in [-0.15, -0.1) is 0 Å². The highest BCUT2D eigenvalue weighted by Gasteiger charge is 2.27. The van der Waals surface area contributed by atoms with Gasteiger partial charge in [-0.2, -0.15) is 0 Å². The number of methoxy groups -OCH3 is 1. The minimum absolute atomic E-state index is 0.0797. The fraction of sp³-hybridized carbons (Fsp3) is 0.273. The molecule has 0 bridgehead atoms. The van der Waals surface area contributed by atoms with Gasteiger partial charge in [0.1, 0.15) is 0 Å². The third-order valence-corrected chi connectivity index (χ3v) is 2.58. The van der Waals surface area contributed by atoms with Crippen molar-refractivity contribution < 1.29 is 19.1 Å². The van der Waals surface area contributed by atoms with Gasteiger partial charge in [0.05, 0.1) is 7.11 Å². The molecule has 2 N–H and O–H groups in total. The van der Waals surface area contributed by atoms with Crippen molar-refractivity contribution in [2.75, 3.05) is 14.2 Å². The summed E-state index contributed by atoms with van der Waals surface area (Å²) in [6.45, 7) is 0.479. The number of nitrogens with zero attached hydrogens (tertiary/aromatic N) is 1. The molecule has 17 heavy (non-hydrogen) atoms. The van der Waals surface area contributed by atoms with Gasteiger partial charge in [0, 0.05) is 19.2 Å². The predicted molar refractivity (Wildman–Crippen MR) is 59.0 cm³/mol. The first-order chi connectivity index (χ1) is 8.02. The molecule has 0 unspecified atom stereocenters. The number of amides is 2. The van der Waals surface area contributed by atoms with E-state index in [0.29, 0.717) is 17.9 Å². The molecule has 0 aliphatic carbocycles. The molecule has 0 saturated heterocycles. The van der Waals surface area contributed by atoms with Crippen LogP contribution in [-0.2, 0) is 6.54 Å². The van der Waals surface area contributed by atoms with Gasteiger partial charge in [0.25, 0.3) is 5.91 Å². The van der Waals surface area contributed by atoms with Crippen molar-refractivity contribution in [1.82, 2.24) is 4.90 Å². The first kappa shape index (κ1) is 11.3. The van der Waals surface area contributed by atoms with Crippen LogP contribution in [0.15, 0.2) is 12.1 Å². The molecular weight excluding hydrogens is 224 g/mol. The Bertz CT molecular complexity index is 498. The summed E-state index contributed by atoms with van der Waals surface area (Å²) < 4.78 is 9.87. The van der Waals surface area contributed by atoms with Crippen molar-refractivity contribution in [3.8, 4) is 11.5 Å². The molecule has 0 atom stereocenters. The molecule has 0 saturated carbocycles. The fourth-order valence-electron chi connectivity index (χ4n) is 1.81. The first-order valence-electron chi connectivity index (χ1n) is 4.96. The number of carbonyl (C=O) groups excluding carboxylic acids is 2. The second kappa shape index (κ2) is 3.97. The maximum atomic E-state index is 11.7. The van der Waals surface area contributed by atoms with E-state index in [1.807, 2.05) is 0 Å². The number of rotatable bonds is 2. The Balaban J connectivity index is 2.47. The Morgan fingerprint density at radius 2 is 2.12 bits per heavy atom. The molecule has 0 fully saturated rings. The van der Waals surface area contributed by atoms with Crippen molar-refractivity contribution in [2.45, 2.75) is 6.54 Å². The van der Waals surface area contributed by atoms with Crippen molar-refractivity contribution in [1.29, 1.82) is 0 Å². The van der Waals surface area contributed by atoms with Gasteiger partial charge in [-0.05, 0) is 17.7 Å². The summed E-state index contributed by atoms with van der Waals surface area (Å²) in [4.78, 5) is 24.0. The molecule has 0 radical (unpaired) electrons. The third kappa shape index (κ3) is 1.89.